The minimum atomic E-state index is -0.380. The number of hydrogen-bond donors (Lipinski definition) is 0. The third kappa shape index (κ3) is 3.67. The monoisotopic (exact) mass is 209 g/mol. The number of nitro benzene ring substituents is 1. The Morgan fingerprint density at radius 2 is 2.27 bits per heavy atom. The maximum absolute atomic E-state index is 10.5. The molecule has 0 saturated heterocycles. The number of nitro groups is 1. The highest BCUT2D eigenvalue weighted by atomic mass is 16.6. The van der Waals surface area contributed by atoms with Crippen molar-refractivity contribution in [3.63, 3.8) is 0 Å². The zero-order valence-electron chi connectivity index (χ0n) is 8.97. The van der Waals surface area contributed by atoms with Crippen LogP contribution in [0.1, 0.15) is 19.4 Å². The number of ether oxygens (including phenoxy) is 1. The number of rotatable bonds is 5. The predicted molar refractivity (Wildman–Crippen MR) is 57.9 cm³/mol. The van der Waals surface area contributed by atoms with Crippen molar-refractivity contribution >= 4 is 5.69 Å². The molecule has 82 valence electrons. The van der Waals surface area contributed by atoms with Gasteiger partial charge in [0.15, 0.2) is 0 Å². The minimum Gasteiger partial charge on any atom is -0.378 e. The molecular weight excluding hydrogens is 194 g/mol. The molecule has 0 spiro atoms. The zero-order valence-corrected chi connectivity index (χ0v) is 8.97. The fourth-order valence-electron chi connectivity index (χ4n) is 1.47. The van der Waals surface area contributed by atoms with Gasteiger partial charge in [-0.25, -0.2) is 0 Å². The second-order valence-electron chi connectivity index (χ2n) is 3.40. The van der Waals surface area contributed by atoms with Crippen molar-refractivity contribution < 1.29 is 9.66 Å². The lowest BCUT2D eigenvalue weighted by molar-refractivity contribution is -0.384. The molecule has 0 N–H and O–H groups in total. The van der Waals surface area contributed by atoms with E-state index in [4.69, 9.17) is 4.74 Å². The van der Waals surface area contributed by atoms with Gasteiger partial charge in [-0.05, 0) is 25.8 Å². The Balaban J connectivity index is 2.69. The Bertz CT molecular complexity index is 338. The van der Waals surface area contributed by atoms with E-state index in [9.17, 15) is 10.1 Å². The molecular formula is C11H15NO3. The van der Waals surface area contributed by atoms with E-state index in [1.807, 2.05) is 19.9 Å². The van der Waals surface area contributed by atoms with Gasteiger partial charge in [-0.3, -0.25) is 10.1 Å². The molecule has 0 fully saturated rings. The van der Waals surface area contributed by atoms with Crippen LogP contribution in [-0.2, 0) is 11.2 Å². The molecule has 0 radical (unpaired) electrons. The zero-order chi connectivity index (χ0) is 11.3. The van der Waals surface area contributed by atoms with Crippen molar-refractivity contribution in [3.05, 3.63) is 39.9 Å². The molecule has 1 atom stereocenters. The summed E-state index contributed by atoms with van der Waals surface area (Å²) in [6, 6.07) is 6.67. The molecule has 4 heteroatoms. The van der Waals surface area contributed by atoms with Crippen molar-refractivity contribution in [2.75, 3.05) is 6.61 Å². The van der Waals surface area contributed by atoms with Gasteiger partial charge < -0.3 is 4.74 Å². The van der Waals surface area contributed by atoms with Crippen LogP contribution in [0.2, 0.25) is 0 Å². The Morgan fingerprint density at radius 1 is 1.53 bits per heavy atom. The Hall–Kier alpha value is -1.42. The summed E-state index contributed by atoms with van der Waals surface area (Å²) >= 11 is 0. The first-order valence-electron chi connectivity index (χ1n) is 4.98. The Kier molecular flexibility index (Phi) is 4.24. The van der Waals surface area contributed by atoms with Crippen LogP contribution in [0.5, 0.6) is 0 Å². The van der Waals surface area contributed by atoms with Crippen LogP contribution in [0.3, 0.4) is 0 Å². The Labute approximate surface area is 89.0 Å². The topological polar surface area (TPSA) is 52.4 Å². The number of nitrogens with zero attached hydrogens (tertiary/aromatic N) is 1. The van der Waals surface area contributed by atoms with Crippen LogP contribution in [0.15, 0.2) is 24.3 Å². The lowest BCUT2D eigenvalue weighted by Crippen LogP contribution is -2.11. The highest BCUT2D eigenvalue weighted by Crippen LogP contribution is 2.15. The molecule has 1 unspecified atom stereocenters. The fraction of sp³-hybridized carbons (Fsp3) is 0.455. The maximum atomic E-state index is 10.5. The fourth-order valence-corrected chi connectivity index (χ4v) is 1.47. The number of non-ortho nitro benzene ring substituents is 1. The van der Waals surface area contributed by atoms with E-state index in [0.717, 1.165) is 5.56 Å². The second kappa shape index (κ2) is 5.46. The molecule has 0 amide bonds. The van der Waals surface area contributed by atoms with Crippen LogP contribution in [-0.4, -0.2) is 17.6 Å². The molecule has 0 heterocycles. The molecule has 1 aromatic rings. The summed E-state index contributed by atoms with van der Waals surface area (Å²) in [5.74, 6) is 0. The maximum Gasteiger partial charge on any atom is 0.269 e. The standard InChI is InChI=1S/C11H15NO3/c1-3-15-9(2)7-10-5-4-6-11(8-10)12(13)14/h4-6,8-9H,3,7H2,1-2H3. The SMILES string of the molecule is CCOC(C)Cc1cccc([N+](=O)[O-])c1. The van der Waals surface area contributed by atoms with E-state index in [1.165, 1.54) is 6.07 Å². The lowest BCUT2D eigenvalue weighted by atomic mass is 10.1. The van der Waals surface area contributed by atoms with Crippen molar-refractivity contribution in [1.29, 1.82) is 0 Å². The van der Waals surface area contributed by atoms with Gasteiger partial charge in [0, 0.05) is 18.7 Å². The molecule has 15 heavy (non-hydrogen) atoms. The molecule has 0 aliphatic heterocycles. The molecule has 1 aromatic carbocycles. The van der Waals surface area contributed by atoms with E-state index in [-0.39, 0.29) is 16.7 Å². The number of hydrogen-bond acceptors (Lipinski definition) is 3. The van der Waals surface area contributed by atoms with Gasteiger partial charge in [0.2, 0.25) is 0 Å². The van der Waals surface area contributed by atoms with Crippen molar-refractivity contribution in [2.24, 2.45) is 0 Å². The first-order valence-corrected chi connectivity index (χ1v) is 4.98. The quantitative estimate of drug-likeness (QED) is 0.553. The number of benzene rings is 1. The molecule has 0 bridgehead atoms. The van der Waals surface area contributed by atoms with Gasteiger partial charge in [0.05, 0.1) is 11.0 Å². The Morgan fingerprint density at radius 3 is 2.87 bits per heavy atom. The third-order valence-corrected chi connectivity index (χ3v) is 2.10. The molecule has 1 rings (SSSR count). The van der Waals surface area contributed by atoms with Crippen LogP contribution < -0.4 is 0 Å². The van der Waals surface area contributed by atoms with Crippen molar-refractivity contribution in [3.8, 4) is 0 Å². The highest BCUT2D eigenvalue weighted by molar-refractivity contribution is 5.34. The van der Waals surface area contributed by atoms with E-state index < -0.39 is 0 Å². The summed E-state index contributed by atoms with van der Waals surface area (Å²) in [6.45, 7) is 4.56. The van der Waals surface area contributed by atoms with Gasteiger partial charge in [-0.1, -0.05) is 12.1 Å². The summed E-state index contributed by atoms with van der Waals surface area (Å²) in [5, 5.41) is 10.5. The van der Waals surface area contributed by atoms with Gasteiger partial charge in [-0.2, -0.15) is 0 Å². The molecule has 0 aromatic heterocycles. The first kappa shape index (κ1) is 11.7. The van der Waals surface area contributed by atoms with Gasteiger partial charge in [-0.15, -0.1) is 0 Å². The van der Waals surface area contributed by atoms with Gasteiger partial charge in [0.25, 0.3) is 5.69 Å². The van der Waals surface area contributed by atoms with Crippen molar-refractivity contribution in [2.45, 2.75) is 26.4 Å². The molecule has 0 aliphatic rings. The van der Waals surface area contributed by atoms with E-state index >= 15 is 0 Å². The average Bonchev–Trinajstić information content (AvgIpc) is 2.18. The van der Waals surface area contributed by atoms with Gasteiger partial charge in [0.1, 0.15) is 0 Å². The molecule has 4 nitrogen and oxygen atoms in total. The summed E-state index contributed by atoms with van der Waals surface area (Å²) in [4.78, 5) is 10.2. The lowest BCUT2D eigenvalue weighted by Gasteiger charge is -2.10. The van der Waals surface area contributed by atoms with E-state index in [0.29, 0.717) is 13.0 Å². The smallest absolute Gasteiger partial charge is 0.269 e. The summed E-state index contributed by atoms with van der Waals surface area (Å²) < 4.78 is 5.38. The predicted octanol–water partition coefficient (Wildman–Crippen LogP) is 2.56. The van der Waals surface area contributed by atoms with E-state index in [2.05, 4.69) is 0 Å². The summed E-state index contributed by atoms with van der Waals surface area (Å²) in [6.07, 6.45) is 0.798. The molecule has 0 aliphatic carbocycles. The molecule has 0 saturated carbocycles. The van der Waals surface area contributed by atoms with Crippen LogP contribution in [0.4, 0.5) is 5.69 Å². The summed E-state index contributed by atoms with van der Waals surface area (Å²) in [7, 11) is 0. The third-order valence-electron chi connectivity index (χ3n) is 2.10. The van der Waals surface area contributed by atoms with Crippen LogP contribution in [0, 0.1) is 10.1 Å². The van der Waals surface area contributed by atoms with Crippen LogP contribution in [0.25, 0.3) is 0 Å². The largest absolute Gasteiger partial charge is 0.378 e. The van der Waals surface area contributed by atoms with Crippen LogP contribution >= 0.6 is 0 Å². The highest BCUT2D eigenvalue weighted by Gasteiger charge is 2.08. The average molecular weight is 209 g/mol. The second-order valence-corrected chi connectivity index (χ2v) is 3.40. The minimum absolute atomic E-state index is 0.0944. The summed E-state index contributed by atoms with van der Waals surface area (Å²) in [5.41, 5.74) is 1.07. The first-order chi connectivity index (χ1) is 7.13. The van der Waals surface area contributed by atoms with E-state index in [1.54, 1.807) is 12.1 Å². The normalized spacial score (nSPS) is 12.4. The van der Waals surface area contributed by atoms with Crippen molar-refractivity contribution in [1.82, 2.24) is 0 Å². The van der Waals surface area contributed by atoms with Gasteiger partial charge >= 0.3 is 0 Å².